The third-order valence-electron chi connectivity index (χ3n) is 3.97. The van der Waals surface area contributed by atoms with Crippen molar-refractivity contribution in [3.05, 3.63) is 24.3 Å². The lowest BCUT2D eigenvalue weighted by Gasteiger charge is -2.32. The van der Waals surface area contributed by atoms with E-state index in [4.69, 9.17) is 10.5 Å². The molecule has 1 aromatic carbocycles. The summed E-state index contributed by atoms with van der Waals surface area (Å²) < 4.78 is 5.23. The van der Waals surface area contributed by atoms with Gasteiger partial charge in [-0.2, -0.15) is 0 Å². The molecule has 1 aromatic rings. The van der Waals surface area contributed by atoms with E-state index in [0.29, 0.717) is 24.5 Å². The Hall–Kier alpha value is -2.77. The molecule has 1 fully saturated rings. The van der Waals surface area contributed by atoms with Gasteiger partial charge in [-0.05, 0) is 38.8 Å². The minimum absolute atomic E-state index is 0.0554. The molecule has 8 heteroatoms. The number of carbonyl (C=O) groups excluding carboxylic acids is 3. The summed E-state index contributed by atoms with van der Waals surface area (Å²) in [7, 11) is 0. The first kappa shape index (κ1) is 19.6. The number of primary amides is 1. The monoisotopic (exact) mass is 362 g/mol. The molecule has 1 heterocycles. The molecule has 4 amide bonds. The summed E-state index contributed by atoms with van der Waals surface area (Å²) in [6.07, 6.45) is 1.51. The summed E-state index contributed by atoms with van der Waals surface area (Å²) in [4.78, 5) is 37.2. The van der Waals surface area contributed by atoms with Gasteiger partial charge < -0.3 is 26.0 Å². The van der Waals surface area contributed by atoms with Crippen LogP contribution in [0.4, 0.5) is 10.5 Å². The normalized spacial score (nSPS) is 16.9. The van der Waals surface area contributed by atoms with Crippen LogP contribution in [0.25, 0.3) is 0 Å². The van der Waals surface area contributed by atoms with Gasteiger partial charge in [0.1, 0.15) is 5.75 Å². The van der Waals surface area contributed by atoms with Crippen LogP contribution < -0.4 is 21.1 Å². The second-order valence-electron chi connectivity index (χ2n) is 6.66. The number of carbonyl (C=O) groups is 3. The van der Waals surface area contributed by atoms with E-state index >= 15 is 0 Å². The number of nitrogens with one attached hydrogen (secondary N) is 2. The number of ether oxygens (including phenoxy) is 1. The Bertz CT molecular complexity index is 662. The molecule has 2 rings (SSSR count). The quantitative estimate of drug-likeness (QED) is 0.708. The van der Waals surface area contributed by atoms with Crippen LogP contribution >= 0.6 is 0 Å². The molecule has 1 atom stereocenters. The number of nitrogens with zero attached hydrogens (tertiary/aromatic N) is 1. The van der Waals surface area contributed by atoms with Crippen LogP contribution in [0.2, 0.25) is 0 Å². The van der Waals surface area contributed by atoms with Gasteiger partial charge in [-0.15, -0.1) is 0 Å². The van der Waals surface area contributed by atoms with Crippen molar-refractivity contribution in [3.63, 3.8) is 0 Å². The molecular formula is C18H26N4O4. The van der Waals surface area contributed by atoms with E-state index in [-0.39, 0.29) is 30.5 Å². The largest absolute Gasteiger partial charge is 0.484 e. The smallest absolute Gasteiger partial charge is 0.317 e. The number of amides is 4. The second-order valence-corrected chi connectivity index (χ2v) is 6.66. The SMILES string of the molecule is CC(C)NC(=O)N1CCC[C@@H](C(=O)Nc2cccc(OCC(N)=O)c2)C1. The highest BCUT2D eigenvalue weighted by Crippen LogP contribution is 2.21. The van der Waals surface area contributed by atoms with Crippen LogP contribution in [0.15, 0.2) is 24.3 Å². The van der Waals surface area contributed by atoms with Crippen molar-refractivity contribution in [2.24, 2.45) is 11.7 Å². The molecule has 0 unspecified atom stereocenters. The molecule has 4 N–H and O–H groups in total. The summed E-state index contributed by atoms with van der Waals surface area (Å²) in [6, 6.07) is 6.68. The van der Waals surface area contributed by atoms with Gasteiger partial charge in [0.15, 0.2) is 6.61 Å². The Labute approximate surface area is 153 Å². The Balaban J connectivity index is 1.93. The fourth-order valence-electron chi connectivity index (χ4n) is 2.78. The third kappa shape index (κ3) is 5.94. The van der Waals surface area contributed by atoms with Gasteiger partial charge in [0.25, 0.3) is 5.91 Å². The molecule has 142 valence electrons. The van der Waals surface area contributed by atoms with Crippen LogP contribution in [0.1, 0.15) is 26.7 Å². The van der Waals surface area contributed by atoms with Crippen molar-refractivity contribution in [2.75, 3.05) is 25.0 Å². The minimum Gasteiger partial charge on any atom is -0.484 e. The highest BCUT2D eigenvalue weighted by atomic mass is 16.5. The first-order chi connectivity index (χ1) is 12.3. The molecule has 1 aliphatic rings. The summed E-state index contributed by atoms with van der Waals surface area (Å²) in [5, 5.41) is 5.70. The van der Waals surface area contributed by atoms with Crippen LogP contribution in [-0.2, 0) is 9.59 Å². The number of benzene rings is 1. The molecule has 26 heavy (non-hydrogen) atoms. The molecule has 0 spiro atoms. The van der Waals surface area contributed by atoms with Crippen LogP contribution in [0.3, 0.4) is 0 Å². The number of anilines is 1. The van der Waals surface area contributed by atoms with E-state index in [9.17, 15) is 14.4 Å². The van der Waals surface area contributed by atoms with Crippen molar-refractivity contribution in [3.8, 4) is 5.75 Å². The number of hydrogen-bond acceptors (Lipinski definition) is 4. The number of urea groups is 1. The highest BCUT2D eigenvalue weighted by Gasteiger charge is 2.28. The lowest BCUT2D eigenvalue weighted by atomic mass is 9.97. The van der Waals surface area contributed by atoms with Gasteiger partial charge in [0, 0.05) is 30.9 Å². The zero-order valence-electron chi connectivity index (χ0n) is 15.2. The average molecular weight is 362 g/mol. The van der Waals surface area contributed by atoms with Crippen molar-refractivity contribution in [1.29, 1.82) is 0 Å². The maximum Gasteiger partial charge on any atom is 0.317 e. The standard InChI is InChI=1S/C18H26N4O4/c1-12(2)20-18(25)22-8-4-5-13(10-22)17(24)21-14-6-3-7-15(9-14)26-11-16(19)23/h3,6-7,9,12-13H,4-5,8,10-11H2,1-2H3,(H2,19,23)(H,20,25)(H,21,24)/t13-/m1/s1. The van der Waals surface area contributed by atoms with E-state index in [1.807, 2.05) is 13.8 Å². The predicted octanol–water partition coefficient (Wildman–Crippen LogP) is 1.32. The first-order valence-corrected chi connectivity index (χ1v) is 8.72. The van der Waals surface area contributed by atoms with E-state index in [2.05, 4.69) is 10.6 Å². The van der Waals surface area contributed by atoms with E-state index < -0.39 is 5.91 Å². The molecule has 0 aliphatic carbocycles. The van der Waals surface area contributed by atoms with Gasteiger partial charge in [-0.25, -0.2) is 4.79 Å². The Morgan fingerprint density at radius 2 is 2.12 bits per heavy atom. The lowest BCUT2D eigenvalue weighted by Crippen LogP contribution is -2.49. The van der Waals surface area contributed by atoms with Crippen molar-refractivity contribution < 1.29 is 19.1 Å². The molecule has 0 aromatic heterocycles. The second kappa shape index (κ2) is 9.07. The minimum atomic E-state index is -0.568. The molecule has 0 bridgehead atoms. The van der Waals surface area contributed by atoms with E-state index in [0.717, 1.165) is 12.8 Å². The zero-order chi connectivity index (χ0) is 19.1. The van der Waals surface area contributed by atoms with Gasteiger partial charge in [-0.3, -0.25) is 9.59 Å². The molecular weight excluding hydrogens is 336 g/mol. The molecule has 1 saturated heterocycles. The molecule has 0 radical (unpaired) electrons. The maximum atomic E-state index is 12.6. The number of hydrogen-bond donors (Lipinski definition) is 3. The summed E-state index contributed by atoms with van der Waals surface area (Å²) in [5.41, 5.74) is 5.62. The molecule has 8 nitrogen and oxygen atoms in total. The Morgan fingerprint density at radius 1 is 1.35 bits per heavy atom. The Kier molecular flexibility index (Phi) is 6.82. The fourth-order valence-corrected chi connectivity index (χ4v) is 2.78. The van der Waals surface area contributed by atoms with E-state index in [1.54, 1.807) is 29.2 Å². The third-order valence-corrected chi connectivity index (χ3v) is 3.97. The van der Waals surface area contributed by atoms with E-state index in [1.165, 1.54) is 0 Å². The Morgan fingerprint density at radius 3 is 2.81 bits per heavy atom. The average Bonchev–Trinajstić information content (AvgIpc) is 2.60. The number of nitrogens with two attached hydrogens (primary N) is 1. The van der Waals surface area contributed by atoms with Crippen molar-refractivity contribution in [2.45, 2.75) is 32.7 Å². The van der Waals surface area contributed by atoms with Gasteiger partial charge >= 0.3 is 6.03 Å². The fraction of sp³-hybridized carbons (Fsp3) is 0.500. The van der Waals surface area contributed by atoms with Crippen LogP contribution in [0.5, 0.6) is 5.75 Å². The lowest BCUT2D eigenvalue weighted by molar-refractivity contribution is -0.121. The van der Waals surface area contributed by atoms with Crippen molar-refractivity contribution >= 4 is 23.5 Å². The summed E-state index contributed by atoms with van der Waals surface area (Å²) >= 11 is 0. The zero-order valence-corrected chi connectivity index (χ0v) is 15.2. The van der Waals surface area contributed by atoms with Gasteiger partial charge in [0.05, 0.1) is 5.92 Å². The topological polar surface area (TPSA) is 114 Å². The number of rotatable bonds is 6. The number of likely N-dealkylation sites (tertiary alicyclic amines) is 1. The van der Waals surface area contributed by atoms with Gasteiger partial charge in [0.2, 0.25) is 5.91 Å². The predicted molar refractivity (Wildman–Crippen MR) is 97.7 cm³/mol. The van der Waals surface area contributed by atoms with Crippen LogP contribution in [-0.4, -0.2) is 48.5 Å². The molecule has 1 aliphatic heterocycles. The van der Waals surface area contributed by atoms with Crippen molar-refractivity contribution in [1.82, 2.24) is 10.2 Å². The summed E-state index contributed by atoms with van der Waals surface area (Å²) in [6.45, 7) is 4.62. The van der Waals surface area contributed by atoms with Crippen LogP contribution in [0, 0.1) is 5.92 Å². The summed E-state index contributed by atoms with van der Waals surface area (Å²) in [5.74, 6) is -0.527. The molecule has 0 saturated carbocycles. The number of piperidine rings is 1. The maximum absolute atomic E-state index is 12.6. The highest BCUT2D eigenvalue weighted by molar-refractivity contribution is 5.93. The first-order valence-electron chi connectivity index (χ1n) is 8.72. The van der Waals surface area contributed by atoms with Gasteiger partial charge in [-0.1, -0.05) is 6.07 Å².